The summed E-state index contributed by atoms with van der Waals surface area (Å²) in [6.45, 7) is 5.17. The first-order valence-corrected chi connectivity index (χ1v) is 5.67. The SMILES string of the molecule is CCCNC(=O)CC1CCCN(C)C1. The van der Waals surface area contributed by atoms with Crippen molar-refractivity contribution in [2.24, 2.45) is 5.92 Å². The molecule has 1 aliphatic heterocycles. The highest BCUT2D eigenvalue weighted by atomic mass is 16.1. The molecule has 0 aromatic rings. The Morgan fingerprint density at radius 2 is 2.36 bits per heavy atom. The van der Waals surface area contributed by atoms with E-state index in [0.717, 1.165) is 19.5 Å². The molecule has 14 heavy (non-hydrogen) atoms. The second-order valence-corrected chi connectivity index (χ2v) is 4.32. The van der Waals surface area contributed by atoms with Crippen molar-refractivity contribution in [1.29, 1.82) is 0 Å². The number of hydrogen-bond donors (Lipinski definition) is 1. The van der Waals surface area contributed by atoms with Gasteiger partial charge in [0.2, 0.25) is 5.91 Å². The highest BCUT2D eigenvalue weighted by molar-refractivity contribution is 5.76. The zero-order valence-corrected chi connectivity index (χ0v) is 9.38. The average Bonchev–Trinajstić information content (AvgIpc) is 2.15. The molecule has 1 aliphatic rings. The van der Waals surface area contributed by atoms with E-state index in [1.165, 1.54) is 19.4 Å². The number of carbonyl (C=O) groups excluding carboxylic acids is 1. The van der Waals surface area contributed by atoms with Gasteiger partial charge in [0.1, 0.15) is 0 Å². The molecule has 0 radical (unpaired) electrons. The molecule has 0 aromatic heterocycles. The van der Waals surface area contributed by atoms with Crippen molar-refractivity contribution in [2.45, 2.75) is 32.6 Å². The first-order chi connectivity index (χ1) is 6.72. The molecule has 0 spiro atoms. The largest absolute Gasteiger partial charge is 0.356 e. The normalized spacial score (nSPS) is 23.4. The Morgan fingerprint density at radius 1 is 1.57 bits per heavy atom. The number of nitrogens with zero attached hydrogens (tertiary/aromatic N) is 1. The van der Waals surface area contributed by atoms with E-state index in [2.05, 4.69) is 24.2 Å². The van der Waals surface area contributed by atoms with Crippen LogP contribution in [0.1, 0.15) is 32.6 Å². The Bertz CT molecular complexity index is 182. The third-order valence-electron chi connectivity index (χ3n) is 2.77. The van der Waals surface area contributed by atoms with Gasteiger partial charge in [-0.3, -0.25) is 4.79 Å². The molecule has 1 amide bonds. The van der Waals surface area contributed by atoms with Crippen LogP contribution in [0.5, 0.6) is 0 Å². The second kappa shape index (κ2) is 6.02. The van der Waals surface area contributed by atoms with Crippen LogP contribution in [0.4, 0.5) is 0 Å². The van der Waals surface area contributed by atoms with Crippen LogP contribution in [0, 0.1) is 5.92 Å². The lowest BCUT2D eigenvalue weighted by atomic mass is 9.95. The second-order valence-electron chi connectivity index (χ2n) is 4.32. The van der Waals surface area contributed by atoms with E-state index >= 15 is 0 Å². The van der Waals surface area contributed by atoms with E-state index in [0.29, 0.717) is 12.3 Å². The zero-order valence-electron chi connectivity index (χ0n) is 9.38. The fourth-order valence-electron chi connectivity index (χ4n) is 2.04. The van der Waals surface area contributed by atoms with Crippen molar-refractivity contribution in [2.75, 3.05) is 26.7 Å². The molecular formula is C11H22N2O. The van der Waals surface area contributed by atoms with E-state index in [4.69, 9.17) is 0 Å². The maximum atomic E-state index is 11.4. The Morgan fingerprint density at radius 3 is 3.00 bits per heavy atom. The van der Waals surface area contributed by atoms with Crippen molar-refractivity contribution in [3.8, 4) is 0 Å². The van der Waals surface area contributed by atoms with Gasteiger partial charge < -0.3 is 10.2 Å². The van der Waals surface area contributed by atoms with Gasteiger partial charge in [0.05, 0.1) is 0 Å². The van der Waals surface area contributed by atoms with Gasteiger partial charge in [-0.05, 0) is 38.8 Å². The Labute approximate surface area is 86.9 Å². The summed E-state index contributed by atoms with van der Waals surface area (Å²) >= 11 is 0. The number of carbonyl (C=O) groups is 1. The van der Waals surface area contributed by atoms with Crippen LogP contribution in [-0.4, -0.2) is 37.5 Å². The molecule has 3 heteroatoms. The topological polar surface area (TPSA) is 32.3 Å². The third kappa shape index (κ3) is 4.09. The minimum Gasteiger partial charge on any atom is -0.356 e. The van der Waals surface area contributed by atoms with E-state index < -0.39 is 0 Å². The van der Waals surface area contributed by atoms with Crippen LogP contribution in [-0.2, 0) is 4.79 Å². The van der Waals surface area contributed by atoms with Crippen molar-refractivity contribution in [3.05, 3.63) is 0 Å². The molecule has 1 N–H and O–H groups in total. The summed E-state index contributed by atoms with van der Waals surface area (Å²) in [5.41, 5.74) is 0. The van der Waals surface area contributed by atoms with E-state index in [1.54, 1.807) is 0 Å². The minimum atomic E-state index is 0.229. The first-order valence-electron chi connectivity index (χ1n) is 5.67. The summed E-state index contributed by atoms with van der Waals surface area (Å²) in [7, 11) is 2.14. The molecule has 82 valence electrons. The monoisotopic (exact) mass is 198 g/mol. The van der Waals surface area contributed by atoms with Gasteiger partial charge in [-0.25, -0.2) is 0 Å². The Balaban J connectivity index is 2.18. The quantitative estimate of drug-likeness (QED) is 0.737. The maximum Gasteiger partial charge on any atom is 0.220 e. The van der Waals surface area contributed by atoms with Gasteiger partial charge in [0.15, 0.2) is 0 Å². The van der Waals surface area contributed by atoms with Gasteiger partial charge in [-0.2, -0.15) is 0 Å². The van der Waals surface area contributed by atoms with Crippen LogP contribution in [0.3, 0.4) is 0 Å². The van der Waals surface area contributed by atoms with Gasteiger partial charge in [0, 0.05) is 19.5 Å². The molecule has 3 nitrogen and oxygen atoms in total. The number of likely N-dealkylation sites (tertiary alicyclic amines) is 1. The maximum absolute atomic E-state index is 11.4. The van der Waals surface area contributed by atoms with E-state index in [-0.39, 0.29) is 5.91 Å². The van der Waals surface area contributed by atoms with Crippen LogP contribution in [0.2, 0.25) is 0 Å². The standard InChI is InChI=1S/C11H22N2O/c1-3-6-12-11(14)8-10-5-4-7-13(2)9-10/h10H,3-9H2,1-2H3,(H,12,14). The van der Waals surface area contributed by atoms with Gasteiger partial charge in [-0.1, -0.05) is 6.92 Å². The predicted octanol–water partition coefficient (Wildman–Crippen LogP) is 1.24. The van der Waals surface area contributed by atoms with Crippen molar-refractivity contribution >= 4 is 5.91 Å². The number of nitrogens with one attached hydrogen (secondary N) is 1. The smallest absolute Gasteiger partial charge is 0.220 e. The number of piperidine rings is 1. The van der Waals surface area contributed by atoms with Gasteiger partial charge >= 0.3 is 0 Å². The number of rotatable bonds is 4. The summed E-state index contributed by atoms with van der Waals surface area (Å²) in [5, 5.41) is 2.94. The lowest BCUT2D eigenvalue weighted by molar-refractivity contribution is -0.122. The van der Waals surface area contributed by atoms with E-state index in [9.17, 15) is 4.79 Å². The zero-order chi connectivity index (χ0) is 10.4. The molecular weight excluding hydrogens is 176 g/mol. The lowest BCUT2D eigenvalue weighted by Gasteiger charge is -2.29. The van der Waals surface area contributed by atoms with Crippen molar-refractivity contribution in [3.63, 3.8) is 0 Å². The third-order valence-corrected chi connectivity index (χ3v) is 2.77. The van der Waals surface area contributed by atoms with Crippen LogP contribution >= 0.6 is 0 Å². The van der Waals surface area contributed by atoms with Crippen LogP contribution < -0.4 is 5.32 Å². The molecule has 0 bridgehead atoms. The highest BCUT2D eigenvalue weighted by Gasteiger charge is 2.19. The molecule has 0 saturated carbocycles. The molecule has 1 fully saturated rings. The van der Waals surface area contributed by atoms with Gasteiger partial charge in [-0.15, -0.1) is 0 Å². The lowest BCUT2D eigenvalue weighted by Crippen LogP contribution is -2.35. The number of amides is 1. The Hall–Kier alpha value is -0.570. The summed E-state index contributed by atoms with van der Waals surface area (Å²) in [6.07, 6.45) is 4.19. The molecule has 0 aliphatic carbocycles. The summed E-state index contributed by atoms with van der Waals surface area (Å²) in [5.74, 6) is 0.803. The van der Waals surface area contributed by atoms with Crippen molar-refractivity contribution in [1.82, 2.24) is 10.2 Å². The Kier molecular flexibility index (Phi) is 4.94. The molecule has 1 rings (SSSR count). The number of hydrogen-bond acceptors (Lipinski definition) is 2. The average molecular weight is 198 g/mol. The van der Waals surface area contributed by atoms with E-state index in [1.807, 2.05) is 0 Å². The van der Waals surface area contributed by atoms with Crippen LogP contribution in [0.25, 0.3) is 0 Å². The summed E-state index contributed by atoms with van der Waals surface area (Å²) in [6, 6.07) is 0. The highest BCUT2D eigenvalue weighted by Crippen LogP contribution is 2.17. The fraction of sp³-hybridized carbons (Fsp3) is 0.909. The van der Waals surface area contributed by atoms with Crippen molar-refractivity contribution < 1.29 is 4.79 Å². The molecule has 1 unspecified atom stereocenters. The predicted molar refractivity (Wildman–Crippen MR) is 58.1 cm³/mol. The molecule has 1 atom stereocenters. The fourth-order valence-corrected chi connectivity index (χ4v) is 2.04. The molecule has 0 aromatic carbocycles. The van der Waals surface area contributed by atoms with Crippen LogP contribution in [0.15, 0.2) is 0 Å². The summed E-state index contributed by atoms with van der Waals surface area (Å²) in [4.78, 5) is 13.8. The molecule has 1 saturated heterocycles. The van der Waals surface area contributed by atoms with Gasteiger partial charge in [0.25, 0.3) is 0 Å². The molecule has 1 heterocycles. The summed E-state index contributed by atoms with van der Waals surface area (Å²) < 4.78 is 0. The first kappa shape index (κ1) is 11.5. The minimum absolute atomic E-state index is 0.229.